The third kappa shape index (κ3) is 6.40. The summed E-state index contributed by atoms with van der Waals surface area (Å²) in [5.41, 5.74) is -2.72. The maximum atomic E-state index is 14.3. The Labute approximate surface area is 243 Å². The Balaban J connectivity index is 2.86. The summed E-state index contributed by atoms with van der Waals surface area (Å²) in [6.45, 7) is 12.8. The highest BCUT2D eigenvalue weighted by Crippen LogP contribution is 2.33. The number of ether oxygens (including phenoxy) is 4. The van der Waals surface area contributed by atoms with Gasteiger partial charge in [-0.25, -0.2) is 14.4 Å². The van der Waals surface area contributed by atoms with Crippen LogP contribution in [-0.2, 0) is 38.1 Å². The van der Waals surface area contributed by atoms with Crippen LogP contribution < -0.4 is 21.4 Å². The van der Waals surface area contributed by atoms with Gasteiger partial charge in [0.2, 0.25) is 5.43 Å². The van der Waals surface area contributed by atoms with Crippen LogP contribution in [0.3, 0.4) is 0 Å². The summed E-state index contributed by atoms with van der Waals surface area (Å²) >= 11 is 0. The van der Waals surface area contributed by atoms with Crippen LogP contribution in [0.25, 0.3) is 22.2 Å². The van der Waals surface area contributed by atoms with E-state index in [0.717, 1.165) is 5.56 Å². The number of aryl methyl sites for hydroxylation is 1. The van der Waals surface area contributed by atoms with Gasteiger partial charge in [-0.1, -0.05) is 11.6 Å². The maximum absolute atomic E-state index is 14.3. The van der Waals surface area contributed by atoms with Crippen molar-refractivity contribution in [2.45, 2.75) is 60.9 Å². The molecule has 1 atom stereocenters. The summed E-state index contributed by atoms with van der Waals surface area (Å²) in [7, 11) is 0. The van der Waals surface area contributed by atoms with E-state index in [1.165, 1.54) is 6.92 Å². The van der Waals surface area contributed by atoms with Gasteiger partial charge in [0.25, 0.3) is 0 Å². The lowest BCUT2D eigenvalue weighted by atomic mass is 9.88. The van der Waals surface area contributed by atoms with Crippen molar-refractivity contribution in [2.75, 3.05) is 26.4 Å². The normalized spacial score (nSPS) is 15.1. The van der Waals surface area contributed by atoms with E-state index in [2.05, 4.69) is 5.32 Å². The first kappa shape index (κ1) is 32.1. The molecule has 1 aliphatic rings. The molecule has 11 heteroatoms. The van der Waals surface area contributed by atoms with Gasteiger partial charge < -0.3 is 28.7 Å². The molecule has 11 nitrogen and oxygen atoms in total. The Morgan fingerprint density at radius 1 is 0.833 bits per heavy atom. The molecular formula is C31H37NO10. The smallest absolute Gasteiger partial charge is 0.342 e. The van der Waals surface area contributed by atoms with Crippen molar-refractivity contribution in [1.29, 1.82) is 0 Å². The first-order valence-corrected chi connectivity index (χ1v) is 13.8. The first-order chi connectivity index (χ1) is 19.8. The lowest BCUT2D eigenvalue weighted by Gasteiger charge is -2.29. The van der Waals surface area contributed by atoms with Crippen LogP contribution in [-0.4, -0.2) is 55.8 Å². The molecule has 0 spiro atoms. The first-order valence-electron chi connectivity index (χ1n) is 13.8. The molecule has 1 N–H and O–H groups in total. The van der Waals surface area contributed by atoms with Gasteiger partial charge in [-0.2, -0.15) is 0 Å². The SMILES string of the molecule is CCOC(=O)C1=C(C(=O)OCC)C(C(=O)OCC)C(NC(C)(C)C)=c2c(oc3ccc(C)cc3c2=O)=C1C(=O)OCC. The molecule has 0 aliphatic heterocycles. The van der Waals surface area contributed by atoms with Crippen LogP contribution in [0.5, 0.6) is 0 Å². The summed E-state index contributed by atoms with van der Waals surface area (Å²) in [5.74, 6) is -5.95. The quantitative estimate of drug-likeness (QED) is 0.341. The third-order valence-corrected chi connectivity index (χ3v) is 6.13. The molecule has 0 saturated carbocycles. The molecule has 1 aromatic heterocycles. The molecule has 226 valence electrons. The van der Waals surface area contributed by atoms with Crippen molar-refractivity contribution in [3.8, 4) is 0 Å². The second-order valence-corrected chi connectivity index (χ2v) is 10.4. The fourth-order valence-corrected chi connectivity index (χ4v) is 4.65. The van der Waals surface area contributed by atoms with Crippen molar-refractivity contribution in [3.63, 3.8) is 0 Å². The average Bonchev–Trinajstić information content (AvgIpc) is 3.01. The van der Waals surface area contributed by atoms with Gasteiger partial charge in [0, 0.05) is 11.2 Å². The highest BCUT2D eigenvalue weighted by Gasteiger charge is 2.45. The molecule has 1 unspecified atom stereocenters. The Morgan fingerprint density at radius 3 is 1.93 bits per heavy atom. The monoisotopic (exact) mass is 583 g/mol. The highest BCUT2D eigenvalue weighted by atomic mass is 16.5. The molecule has 0 radical (unpaired) electrons. The number of carbonyl (C=O) groups is 4. The van der Waals surface area contributed by atoms with E-state index in [0.29, 0.717) is 0 Å². The number of fused-ring (bicyclic) bond motifs is 2. The van der Waals surface area contributed by atoms with Crippen LogP contribution in [0.4, 0.5) is 0 Å². The number of carbonyl (C=O) groups excluding carboxylic acids is 4. The zero-order chi connectivity index (χ0) is 31.4. The molecule has 0 bridgehead atoms. The fraction of sp³-hybridized carbons (Fsp3) is 0.452. The predicted octanol–water partition coefficient (Wildman–Crippen LogP) is 1.93. The second kappa shape index (κ2) is 13.1. The van der Waals surface area contributed by atoms with Gasteiger partial charge in [0.15, 0.2) is 5.42 Å². The number of rotatable bonds is 9. The fourth-order valence-electron chi connectivity index (χ4n) is 4.65. The molecule has 42 heavy (non-hydrogen) atoms. The van der Waals surface area contributed by atoms with Crippen molar-refractivity contribution in [3.05, 3.63) is 55.8 Å². The number of hydrogen-bond donors (Lipinski definition) is 1. The average molecular weight is 584 g/mol. The minimum atomic E-state index is -1.71. The van der Waals surface area contributed by atoms with E-state index in [-0.39, 0.29) is 53.7 Å². The molecule has 1 aliphatic carbocycles. The number of esters is 4. The third-order valence-electron chi connectivity index (χ3n) is 6.13. The molecule has 1 heterocycles. The Kier molecular flexibility index (Phi) is 9.98. The van der Waals surface area contributed by atoms with Gasteiger partial charge in [0.1, 0.15) is 17.1 Å². The van der Waals surface area contributed by atoms with E-state index in [9.17, 15) is 24.0 Å². The standard InChI is InChI=1S/C31H37NO10/c1-9-38-27(34)19-20(28(35)39-10-2)22(30(37)41-12-4)26-23(25(33)17-15-16(5)13-14-18(17)42-26)24(32-31(6,7)8)21(19)29(36)40-11-3/h13-15,21,32H,9-12H2,1-8H3. The van der Waals surface area contributed by atoms with Crippen LogP contribution in [0.15, 0.2) is 38.6 Å². The van der Waals surface area contributed by atoms with E-state index in [1.807, 2.05) is 0 Å². The summed E-state index contributed by atoms with van der Waals surface area (Å²) < 4.78 is 27.5. The van der Waals surface area contributed by atoms with Crippen LogP contribution in [0.1, 0.15) is 54.0 Å². The Morgan fingerprint density at radius 2 is 1.38 bits per heavy atom. The van der Waals surface area contributed by atoms with E-state index >= 15 is 0 Å². The lowest BCUT2D eigenvalue weighted by Crippen LogP contribution is -2.50. The maximum Gasteiger partial charge on any atom is 0.342 e. The summed E-state index contributed by atoms with van der Waals surface area (Å²) in [4.78, 5) is 69.3. The predicted molar refractivity (Wildman–Crippen MR) is 153 cm³/mol. The summed E-state index contributed by atoms with van der Waals surface area (Å²) in [6.07, 6.45) is 0. The molecule has 1 aromatic carbocycles. The van der Waals surface area contributed by atoms with Gasteiger partial charge in [0.05, 0.1) is 48.2 Å². The van der Waals surface area contributed by atoms with E-state index in [4.69, 9.17) is 23.4 Å². The van der Waals surface area contributed by atoms with Crippen LogP contribution in [0, 0.1) is 12.8 Å². The van der Waals surface area contributed by atoms with Crippen molar-refractivity contribution < 1.29 is 42.5 Å². The summed E-state index contributed by atoms with van der Waals surface area (Å²) in [5, 5.41) is 3.10. The highest BCUT2D eigenvalue weighted by molar-refractivity contribution is 6.28. The van der Waals surface area contributed by atoms with Gasteiger partial charge >= 0.3 is 23.9 Å². The van der Waals surface area contributed by atoms with Gasteiger partial charge in [-0.15, -0.1) is 0 Å². The van der Waals surface area contributed by atoms with E-state index < -0.39 is 57.5 Å². The minimum absolute atomic E-state index is 0.0875. The van der Waals surface area contributed by atoms with Crippen molar-refractivity contribution in [2.24, 2.45) is 5.92 Å². The number of benzene rings is 1. The van der Waals surface area contributed by atoms with Crippen molar-refractivity contribution in [1.82, 2.24) is 5.32 Å². The largest absolute Gasteiger partial charge is 0.465 e. The zero-order valence-electron chi connectivity index (χ0n) is 25.2. The lowest BCUT2D eigenvalue weighted by molar-refractivity contribution is -0.148. The molecule has 0 amide bonds. The van der Waals surface area contributed by atoms with Crippen LogP contribution in [0.2, 0.25) is 0 Å². The Bertz CT molecular complexity index is 1640. The number of nitrogens with one attached hydrogen (secondary N) is 1. The molecule has 3 rings (SSSR count). The van der Waals surface area contributed by atoms with E-state index in [1.54, 1.807) is 66.7 Å². The second-order valence-electron chi connectivity index (χ2n) is 10.4. The molecular weight excluding hydrogens is 546 g/mol. The van der Waals surface area contributed by atoms with Gasteiger partial charge in [-0.05, 0) is 67.5 Å². The zero-order valence-corrected chi connectivity index (χ0v) is 25.2. The number of hydrogen-bond acceptors (Lipinski definition) is 11. The summed E-state index contributed by atoms with van der Waals surface area (Å²) in [6, 6.07) is 4.88. The van der Waals surface area contributed by atoms with Gasteiger partial charge in [-0.3, -0.25) is 9.59 Å². The van der Waals surface area contributed by atoms with Crippen LogP contribution >= 0.6 is 0 Å². The minimum Gasteiger partial charge on any atom is -0.465 e. The molecule has 0 fully saturated rings. The molecule has 2 aromatic rings. The van der Waals surface area contributed by atoms with Crippen molar-refractivity contribution >= 4 is 46.1 Å². The Hall–Kier alpha value is -4.41. The topological polar surface area (TPSA) is 147 Å². The molecule has 0 saturated heterocycles.